The van der Waals surface area contributed by atoms with Crippen LogP contribution in [0.15, 0.2) is 16.5 Å². The van der Waals surface area contributed by atoms with Crippen molar-refractivity contribution in [2.24, 2.45) is 0 Å². The van der Waals surface area contributed by atoms with E-state index in [2.05, 4.69) is 12.2 Å². The van der Waals surface area contributed by atoms with Gasteiger partial charge in [-0.05, 0) is 38.8 Å². The first-order valence-corrected chi connectivity index (χ1v) is 5.66. The lowest BCUT2D eigenvalue weighted by atomic mass is 10.1. The third-order valence-corrected chi connectivity index (χ3v) is 2.89. The second kappa shape index (κ2) is 4.81. The fourth-order valence-corrected chi connectivity index (χ4v) is 1.99. The Labute approximate surface area is 90.8 Å². The zero-order chi connectivity index (χ0) is 10.7. The van der Waals surface area contributed by atoms with Crippen molar-refractivity contribution in [2.45, 2.75) is 38.8 Å². The summed E-state index contributed by atoms with van der Waals surface area (Å²) in [5, 5.41) is 3.57. The Kier molecular flexibility index (Phi) is 3.44. The number of nitrogens with one attached hydrogen (secondary N) is 1. The van der Waals surface area contributed by atoms with Gasteiger partial charge in [0.2, 0.25) is 0 Å². The van der Waals surface area contributed by atoms with E-state index in [9.17, 15) is 0 Å². The van der Waals surface area contributed by atoms with Crippen molar-refractivity contribution < 1.29 is 9.15 Å². The van der Waals surface area contributed by atoms with Crippen LogP contribution in [0.1, 0.15) is 37.3 Å². The van der Waals surface area contributed by atoms with E-state index < -0.39 is 0 Å². The molecule has 0 spiro atoms. The fraction of sp³-hybridized carbons (Fsp3) is 0.667. The molecule has 1 aliphatic rings. The van der Waals surface area contributed by atoms with Gasteiger partial charge in [0.25, 0.3) is 0 Å². The molecular formula is C12H19NO2. The van der Waals surface area contributed by atoms with Crippen molar-refractivity contribution in [3.63, 3.8) is 0 Å². The molecule has 1 aliphatic heterocycles. The monoisotopic (exact) mass is 209 g/mol. The maximum atomic E-state index is 5.59. The van der Waals surface area contributed by atoms with Gasteiger partial charge in [0.05, 0.1) is 6.04 Å². The summed E-state index contributed by atoms with van der Waals surface area (Å²) in [4.78, 5) is 0. The molecule has 1 atom stereocenters. The quantitative estimate of drug-likeness (QED) is 0.830. The van der Waals surface area contributed by atoms with Gasteiger partial charge in [-0.25, -0.2) is 0 Å². The maximum absolute atomic E-state index is 5.59. The van der Waals surface area contributed by atoms with Gasteiger partial charge in [0.1, 0.15) is 11.5 Å². The lowest BCUT2D eigenvalue weighted by Gasteiger charge is -2.25. The number of aryl methyl sites for hydroxylation is 1. The Bertz CT molecular complexity index is 302. The van der Waals surface area contributed by atoms with Crippen LogP contribution in [-0.4, -0.2) is 19.3 Å². The van der Waals surface area contributed by atoms with Gasteiger partial charge >= 0.3 is 0 Å². The highest BCUT2D eigenvalue weighted by Crippen LogP contribution is 2.18. The van der Waals surface area contributed by atoms with E-state index in [0.717, 1.165) is 37.6 Å². The van der Waals surface area contributed by atoms with Crippen LogP contribution in [0, 0.1) is 6.92 Å². The molecule has 1 aromatic heterocycles. The summed E-state index contributed by atoms with van der Waals surface area (Å²) in [5.74, 6) is 2.00. The number of hydrogen-bond acceptors (Lipinski definition) is 3. The predicted octanol–water partition coefficient (Wildman–Crippen LogP) is 2.42. The fourth-order valence-electron chi connectivity index (χ4n) is 1.99. The second-order valence-corrected chi connectivity index (χ2v) is 4.22. The average molecular weight is 209 g/mol. The highest BCUT2D eigenvalue weighted by molar-refractivity contribution is 5.09. The van der Waals surface area contributed by atoms with E-state index in [4.69, 9.17) is 9.15 Å². The highest BCUT2D eigenvalue weighted by atomic mass is 16.5. The number of furan rings is 1. The summed E-state index contributed by atoms with van der Waals surface area (Å²) < 4.78 is 10.9. The van der Waals surface area contributed by atoms with Crippen molar-refractivity contribution in [3.8, 4) is 0 Å². The Balaban J connectivity index is 1.88. The van der Waals surface area contributed by atoms with Crippen LogP contribution in [-0.2, 0) is 4.74 Å². The van der Waals surface area contributed by atoms with Gasteiger partial charge in [-0.1, -0.05) is 0 Å². The summed E-state index contributed by atoms with van der Waals surface area (Å²) in [5.41, 5.74) is 0. The molecule has 3 nitrogen and oxygen atoms in total. The Morgan fingerprint density at radius 1 is 1.33 bits per heavy atom. The van der Waals surface area contributed by atoms with E-state index in [1.807, 2.05) is 19.1 Å². The summed E-state index contributed by atoms with van der Waals surface area (Å²) >= 11 is 0. The molecule has 0 aliphatic carbocycles. The van der Waals surface area contributed by atoms with Crippen molar-refractivity contribution in [1.82, 2.24) is 5.32 Å². The molecule has 0 bridgehead atoms. The van der Waals surface area contributed by atoms with E-state index in [0.29, 0.717) is 12.1 Å². The molecule has 1 saturated heterocycles. The molecule has 15 heavy (non-hydrogen) atoms. The summed E-state index contributed by atoms with van der Waals surface area (Å²) in [6.45, 7) is 5.88. The number of ether oxygens (including phenoxy) is 1. The zero-order valence-corrected chi connectivity index (χ0v) is 9.45. The lowest BCUT2D eigenvalue weighted by molar-refractivity contribution is 0.0746. The van der Waals surface area contributed by atoms with Crippen molar-refractivity contribution in [2.75, 3.05) is 13.2 Å². The van der Waals surface area contributed by atoms with Crippen molar-refractivity contribution >= 4 is 0 Å². The molecular weight excluding hydrogens is 190 g/mol. The van der Waals surface area contributed by atoms with Crippen LogP contribution in [0.2, 0.25) is 0 Å². The minimum Gasteiger partial charge on any atom is -0.465 e. The highest BCUT2D eigenvalue weighted by Gasteiger charge is 2.17. The smallest absolute Gasteiger partial charge is 0.120 e. The third kappa shape index (κ3) is 2.83. The molecule has 84 valence electrons. The Morgan fingerprint density at radius 2 is 2.07 bits per heavy atom. The van der Waals surface area contributed by atoms with E-state index in [-0.39, 0.29) is 0 Å². The van der Waals surface area contributed by atoms with Crippen LogP contribution >= 0.6 is 0 Å². The summed E-state index contributed by atoms with van der Waals surface area (Å²) in [6.07, 6.45) is 2.20. The number of rotatable bonds is 3. The minimum atomic E-state index is 0.293. The molecule has 0 aromatic carbocycles. The van der Waals surface area contributed by atoms with Crippen LogP contribution < -0.4 is 5.32 Å². The van der Waals surface area contributed by atoms with Gasteiger partial charge in [-0.3, -0.25) is 0 Å². The first-order valence-electron chi connectivity index (χ1n) is 5.66. The minimum absolute atomic E-state index is 0.293. The summed E-state index contributed by atoms with van der Waals surface area (Å²) in [6, 6.07) is 4.92. The van der Waals surface area contributed by atoms with Crippen molar-refractivity contribution in [3.05, 3.63) is 23.7 Å². The molecule has 3 heteroatoms. The maximum Gasteiger partial charge on any atom is 0.120 e. The number of hydrogen-bond donors (Lipinski definition) is 1. The lowest BCUT2D eigenvalue weighted by Crippen LogP contribution is -2.36. The van der Waals surface area contributed by atoms with E-state index >= 15 is 0 Å². The molecule has 0 radical (unpaired) electrons. The van der Waals surface area contributed by atoms with Gasteiger partial charge < -0.3 is 14.5 Å². The van der Waals surface area contributed by atoms with Crippen LogP contribution in [0.4, 0.5) is 0 Å². The Morgan fingerprint density at radius 3 is 2.67 bits per heavy atom. The first kappa shape index (κ1) is 10.7. The summed E-state index contributed by atoms with van der Waals surface area (Å²) in [7, 11) is 0. The van der Waals surface area contributed by atoms with Gasteiger partial charge in [0, 0.05) is 19.3 Å². The average Bonchev–Trinajstić information content (AvgIpc) is 2.66. The largest absolute Gasteiger partial charge is 0.465 e. The van der Waals surface area contributed by atoms with Crippen LogP contribution in [0.5, 0.6) is 0 Å². The molecule has 1 N–H and O–H groups in total. The van der Waals surface area contributed by atoms with Gasteiger partial charge in [-0.15, -0.1) is 0 Å². The second-order valence-electron chi connectivity index (χ2n) is 4.22. The molecule has 2 heterocycles. The zero-order valence-electron chi connectivity index (χ0n) is 9.45. The van der Waals surface area contributed by atoms with E-state index in [1.54, 1.807) is 0 Å². The molecule has 1 fully saturated rings. The first-order chi connectivity index (χ1) is 7.25. The van der Waals surface area contributed by atoms with Gasteiger partial charge in [0.15, 0.2) is 0 Å². The topological polar surface area (TPSA) is 34.4 Å². The Hall–Kier alpha value is -0.800. The van der Waals surface area contributed by atoms with Crippen LogP contribution in [0.3, 0.4) is 0 Å². The molecule has 0 amide bonds. The molecule has 2 rings (SSSR count). The van der Waals surface area contributed by atoms with Crippen molar-refractivity contribution in [1.29, 1.82) is 0 Å². The third-order valence-electron chi connectivity index (χ3n) is 2.89. The molecule has 1 unspecified atom stereocenters. The standard InChI is InChI=1S/C12H19NO2/c1-9-3-4-12(15-9)10(2)13-11-5-7-14-8-6-11/h3-4,10-11,13H,5-8H2,1-2H3. The molecule has 0 saturated carbocycles. The van der Waals surface area contributed by atoms with E-state index in [1.165, 1.54) is 0 Å². The SMILES string of the molecule is Cc1ccc(C(C)NC2CCOCC2)o1. The predicted molar refractivity (Wildman–Crippen MR) is 58.8 cm³/mol. The van der Waals surface area contributed by atoms with Gasteiger partial charge in [-0.2, -0.15) is 0 Å². The van der Waals surface area contributed by atoms with Crippen LogP contribution in [0.25, 0.3) is 0 Å². The normalized spacial score (nSPS) is 20.4. The molecule has 1 aromatic rings.